The van der Waals surface area contributed by atoms with E-state index >= 15 is 0 Å². The summed E-state index contributed by atoms with van der Waals surface area (Å²) < 4.78 is 0. The number of carbonyl (C=O) groups excluding carboxylic acids is 1. The quantitative estimate of drug-likeness (QED) is 0.443. The van der Waals surface area contributed by atoms with Crippen molar-refractivity contribution in [3.8, 4) is 0 Å². The molecule has 0 aliphatic carbocycles. The number of rotatable bonds is 5. The molecule has 0 saturated carbocycles. The van der Waals surface area contributed by atoms with Crippen LogP contribution in [0.2, 0.25) is 0 Å². The molecule has 0 saturated heterocycles. The van der Waals surface area contributed by atoms with Gasteiger partial charge in [-0.3, -0.25) is 4.79 Å². The van der Waals surface area contributed by atoms with Crippen LogP contribution in [-0.2, 0) is 6.54 Å². The van der Waals surface area contributed by atoms with Gasteiger partial charge in [0, 0.05) is 24.5 Å². The summed E-state index contributed by atoms with van der Waals surface area (Å²) in [5, 5.41) is 3.17. The minimum Gasteiger partial charge on any atom is -0.311 e. The number of carbonyl (C=O) groups is 1. The lowest BCUT2D eigenvalue weighted by atomic mass is 10.1. The molecule has 1 aromatic carbocycles. The third-order valence-electron chi connectivity index (χ3n) is 1.72. The number of alkyl halides is 1. The van der Waals surface area contributed by atoms with Crippen LogP contribution in [0.3, 0.4) is 0 Å². The summed E-state index contributed by atoms with van der Waals surface area (Å²) in [5.41, 5.74) is 1.87. The van der Waals surface area contributed by atoms with Gasteiger partial charge in [0.25, 0.3) is 0 Å². The zero-order valence-corrected chi connectivity index (χ0v) is 8.05. The van der Waals surface area contributed by atoms with E-state index in [0.29, 0.717) is 11.4 Å². The van der Waals surface area contributed by atoms with Crippen molar-refractivity contribution in [1.29, 1.82) is 0 Å². The van der Waals surface area contributed by atoms with Gasteiger partial charge in [0.2, 0.25) is 0 Å². The summed E-state index contributed by atoms with van der Waals surface area (Å²) in [4.78, 5) is 10.3. The van der Waals surface area contributed by atoms with E-state index in [4.69, 9.17) is 11.6 Å². The van der Waals surface area contributed by atoms with Crippen molar-refractivity contribution < 1.29 is 4.79 Å². The number of aldehydes is 1. The van der Waals surface area contributed by atoms with E-state index in [-0.39, 0.29) is 0 Å². The number of nitrogens with one attached hydrogen (secondary N) is 1. The molecule has 2 nitrogen and oxygen atoms in total. The van der Waals surface area contributed by atoms with Crippen LogP contribution in [-0.4, -0.2) is 18.7 Å². The Bertz CT molecular complexity index is 258. The molecule has 1 aromatic rings. The normalized spacial score (nSPS) is 9.92. The van der Waals surface area contributed by atoms with Crippen LogP contribution >= 0.6 is 11.6 Å². The summed E-state index contributed by atoms with van der Waals surface area (Å²) in [6.45, 7) is 1.60. The largest absolute Gasteiger partial charge is 0.311 e. The summed E-state index contributed by atoms with van der Waals surface area (Å²) in [6, 6.07) is 7.49. The first-order chi connectivity index (χ1) is 6.36. The lowest BCUT2D eigenvalue weighted by Crippen LogP contribution is -2.15. The highest BCUT2D eigenvalue weighted by Crippen LogP contribution is 2.01. The predicted octanol–water partition coefficient (Wildman–Crippen LogP) is 1.83. The molecule has 0 bridgehead atoms. The van der Waals surface area contributed by atoms with Crippen LogP contribution in [0.25, 0.3) is 0 Å². The zero-order valence-electron chi connectivity index (χ0n) is 7.29. The van der Waals surface area contributed by atoms with Gasteiger partial charge in [-0.15, -0.1) is 11.6 Å². The summed E-state index contributed by atoms with van der Waals surface area (Å²) >= 11 is 5.51. The number of hydrogen-bond acceptors (Lipinski definition) is 2. The van der Waals surface area contributed by atoms with Gasteiger partial charge in [0.15, 0.2) is 0 Å². The highest BCUT2D eigenvalue weighted by molar-refractivity contribution is 6.18. The van der Waals surface area contributed by atoms with Gasteiger partial charge >= 0.3 is 0 Å². The summed E-state index contributed by atoms with van der Waals surface area (Å²) in [5.74, 6) is 0.617. The van der Waals surface area contributed by atoms with E-state index in [2.05, 4.69) is 5.32 Å². The van der Waals surface area contributed by atoms with Crippen molar-refractivity contribution >= 4 is 17.9 Å². The van der Waals surface area contributed by atoms with Gasteiger partial charge < -0.3 is 5.32 Å². The molecule has 0 aromatic heterocycles. The summed E-state index contributed by atoms with van der Waals surface area (Å²) in [7, 11) is 0. The van der Waals surface area contributed by atoms with Crippen LogP contribution < -0.4 is 5.32 Å². The first-order valence-electron chi connectivity index (χ1n) is 4.17. The number of hydrogen-bond donors (Lipinski definition) is 1. The van der Waals surface area contributed by atoms with Gasteiger partial charge in [-0.05, 0) is 5.56 Å². The van der Waals surface area contributed by atoms with E-state index in [1.54, 1.807) is 0 Å². The maximum absolute atomic E-state index is 10.3. The highest BCUT2D eigenvalue weighted by atomic mass is 35.5. The molecule has 0 atom stereocenters. The molecule has 70 valence electrons. The topological polar surface area (TPSA) is 29.1 Å². The van der Waals surface area contributed by atoms with Crippen molar-refractivity contribution in [2.24, 2.45) is 0 Å². The smallest absolute Gasteiger partial charge is 0.150 e. The van der Waals surface area contributed by atoms with E-state index in [0.717, 1.165) is 24.9 Å². The molecule has 0 amide bonds. The lowest BCUT2D eigenvalue weighted by Gasteiger charge is -2.02. The third kappa shape index (κ3) is 3.57. The minimum atomic E-state index is 0.617. The molecule has 3 heteroatoms. The van der Waals surface area contributed by atoms with Crippen LogP contribution in [0.15, 0.2) is 24.3 Å². The molecule has 0 aliphatic heterocycles. The van der Waals surface area contributed by atoms with Gasteiger partial charge in [0.1, 0.15) is 6.29 Å². The average Bonchev–Trinajstić information content (AvgIpc) is 2.19. The molecule has 0 radical (unpaired) electrons. The molecule has 0 spiro atoms. The Kier molecular flexibility index (Phi) is 4.50. The van der Waals surface area contributed by atoms with Gasteiger partial charge in [-0.1, -0.05) is 24.3 Å². The van der Waals surface area contributed by atoms with E-state index in [1.807, 2.05) is 24.3 Å². The monoisotopic (exact) mass is 197 g/mol. The standard InChI is InChI=1S/C10H12ClNO/c11-5-6-12-7-9-1-3-10(8-13)4-2-9/h1-4,8,12H,5-7H2. The maximum Gasteiger partial charge on any atom is 0.150 e. The molecule has 1 N–H and O–H groups in total. The Morgan fingerprint density at radius 3 is 2.54 bits per heavy atom. The molecule has 13 heavy (non-hydrogen) atoms. The molecule has 1 rings (SSSR count). The Labute approximate surface area is 82.9 Å². The molecule has 0 aliphatic rings. The molecule has 0 unspecified atom stereocenters. The Morgan fingerprint density at radius 1 is 1.31 bits per heavy atom. The van der Waals surface area contributed by atoms with Gasteiger partial charge in [0.05, 0.1) is 0 Å². The van der Waals surface area contributed by atoms with Crippen molar-refractivity contribution in [3.63, 3.8) is 0 Å². The Hall–Kier alpha value is -0.860. The second-order valence-corrected chi connectivity index (χ2v) is 3.10. The number of benzene rings is 1. The molecular weight excluding hydrogens is 186 g/mol. The minimum absolute atomic E-state index is 0.617. The zero-order chi connectivity index (χ0) is 9.52. The molecule has 0 heterocycles. The first-order valence-corrected chi connectivity index (χ1v) is 4.71. The van der Waals surface area contributed by atoms with Crippen LogP contribution in [0.4, 0.5) is 0 Å². The van der Waals surface area contributed by atoms with Gasteiger partial charge in [-0.2, -0.15) is 0 Å². The second-order valence-electron chi connectivity index (χ2n) is 2.73. The van der Waals surface area contributed by atoms with Crippen molar-refractivity contribution in [1.82, 2.24) is 5.32 Å². The highest BCUT2D eigenvalue weighted by Gasteiger charge is 1.92. The Balaban J connectivity index is 2.44. The fourth-order valence-corrected chi connectivity index (χ4v) is 1.15. The van der Waals surface area contributed by atoms with Crippen LogP contribution in [0.1, 0.15) is 15.9 Å². The van der Waals surface area contributed by atoms with Crippen LogP contribution in [0, 0.1) is 0 Å². The second kappa shape index (κ2) is 5.73. The van der Waals surface area contributed by atoms with Crippen molar-refractivity contribution in [2.75, 3.05) is 12.4 Å². The first kappa shape index (κ1) is 10.2. The number of halogens is 1. The SMILES string of the molecule is O=Cc1ccc(CNCCCl)cc1. The van der Waals surface area contributed by atoms with Crippen molar-refractivity contribution in [2.45, 2.75) is 6.54 Å². The fraction of sp³-hybridized carbons (Fsp3) is 0.300. The maximum atomic E-state index is 10.3. The van der Waals surface area contributed by atoms with E-state index in [1.165, 1.54) is 0 Å². The van der Waals surface area contributed by atoms with E-state index in [9.17, 15) is 4.79 Å². The lowest BCUT2D eigenvalue weighted by molar-refractivity contribution is 0.112. The predicted molar refractivity (Wildman–Crippen MR) is 54.3 cm³/mol. The summed E-state index contributed by atoms with van der Waals surface area (Å²) in [6.07, 6.45) is 0.843. The Morgan fingerprint density at radius 2 is 2.00 bits per heavy atom. The van der Waals surface area contributed by atoms with Crippen LogP contribution in [0.5, 0.6) is 0 Å². The van der Waals surface area contributed by atoms with Crippen molar-refractivity contribution in [3.05, 3.63) is 35.4 Å². The third-order valence-corrected chi connectivity index (χ3v) is 1.91. The molecule has 0 fully saturated rings. The van der Waals surface area contributed by atoms with E-state index < -0.39 is 0 Å². The fourth-order valence-electron chi connectivity index (χ4n) is 1.01. The van der Waals surface area contributed by atoms with Gasteiger partial charge in [-0.25, -0.2) is 0 Å². The average molecular weight is 198 g/mol. The molecular formula is C10H12ClNO.